The third-order valence-electron chi connectivity index (χ3n) is 5.64. The maximum Gasteiger partial charge on any atom is 0.415 e. The molecule has 0 aliphatic carbocycles. The largest absolute Gasteiger partial charge is 0.478 e. The molecule has 0 spiro atoms. The van der Waals surface area contributed by atoms with Crippen LogP contribution in [-0.2, 0) is 0 Å². The Morgan fingerprint density at radius 3 is 2.50 bits per heavy atom. The highest BCUT2D eigenvalue weighted by molar-refractivity contribution is 5.94. The summed E-state index contributed by atoms with van der Waals surface area (Å²) in [5.74, 6) is 0.598. The molecular formula is C24H30FN3O4. The summed E-state index contributed by atoms with van der Waals surface area (Å²) in [6.45, 7) is 5.30. The van der Waals surface area contributed by atoms with Crippen LogP contribution in [0, 0.1) is 17.7 Å². The van der Waals surface area contributed by atoms with Crippen LogP contribution in [0.1, 0.15) is 43.5 Å². The number of ether oxygens (including phenoxy) is 2. The first kappa shape index (κ1) is 23.5. The average Bonchev–Trinajstić information content (AvgIpc) is 2.79. The van der Waals surface area contributed by atoms with E-state index in [-0.39, 0.29) is 35.3 Å². The second-order valence-electron chi connectivity index (χ2n) is 8.42. The van der Waals surface area contributed by atoms with E-state index in [4.69, 9.17) is 9.47 Å². The van der Waals surface area contributed by atoms with Gasteiger partial charge in [-0.25, -0.2) is 14.2 Å². The lowest BCUT2D eigenvalue weighted by Gasteiger charge is -2.36. The van der Waals surface area contributed by atoms with Crippen molar-refractivity contribution in [1.29, 1.82) is 0 Å². The van der Waals surface area contributed by atoms with Gasteiger partial charge in [-0.2, -0.15) is 0 Å². The van der Waals surface area contributed by atoms with Crippen molar-refractivity contribution in [3.8, 4) is 11.6 Å². The van der Waals surface area contributed by atoms with E-state index in [2.05, 4.69) is 24.1 Å². The van der Waals surface area contributed by atoms with Crippen LogP contribution >= 0.6 is 0 Å². The number of carbonyl (C=O) groups excluding carboxylic acids is 2. The summed E-state index contributed by atoms with van der Waals surface area (Å²) < 4.78 is 23.8. The van der Waals surface area contributed by atoms with Crippen molar-refractivity contribution in [3.63, 3.8) is 0 Å². The van der Waals surface area contributed by atoms with E-state index >= 15 is 0 Å². The molecule has 2 heterocycles. The quantitative estimate of drug-likeness (QED) is 0.691. The number of pyridine rings is 1. The molecule has 172 valence electrons. The number of hydrogen-bond acceptors (Lipinski definition) is 5. The van der Waals surface area contributed by atoms with Gasteiger partial charge in [-0.1, -0.05) is 13.8 Å². The summed E-state index contributed by atoms with van der Waals surface area (Å²) in [7, 11) is 1.47. The summed E-state index contributed by atoms with van der Waals surface area (Å²) in [6.07, 6.45) is 3.46. The van der Waals surface area contributed by atoms with Crippen LogP contribution in [0.2, 0.25) is 0 Å². The first-order valence-corrected chi connectivity index (χ1v) is 10.9. The summed E-state index contributed by atoms with van der Waals surface area (Å²) in [5, 5.41) is 3.13. The molecule has 0 bridgehead atoms. The number of piperidine rings is 1. The Bertz CT molecular complexity index is 912. The molecule has 32 heavy (non-hydrogen) atoms. The molecule has 1 unspecified atom stereocenters. The predicted octanol–water partition coefficient (Wildman–Crippen LogP) is 4.28. The van der Waals surface area contributed by atoms with Gasteiger partial charge in [-0.05, 0) is 67.5 Å². The van der Waals surface area contributed by atoms with Gasteiger partial charge in [-0.15, -0.1) is 0 Å². The molecule has 8 heteroatoms. The predicted molar refractivity (Wildman–Crippen MR) is 118 cm³/mol. The van der Waals surface area contributed by atoms with Crippen LogP contribution in [0.5, 0.6) is 11.6 Å². The van der Waals surface area contributed by atoms with Gasteiger partial charge in [0.1, 0.15) is 5.82 Å². The van der Waals surface area contributed by atoms with E-state index in [9.17, 15) is 14.0 Å². The Kier molecular flexibility index (Phi) is 8.03. The van der Waals surface area contributed by atoms with Gasteiger partial charge in [0.05, 0.1) is 7.11 Å². The second-order valence-corrected chi connectivity index (χ2v) is 8.42. The highest BCUT2D eigenvalue weighted by atomic mass is 19.1. The zero-order chi connectivity index (χ0) is 23.1. The fourth-order valence-electron chi connectivity index (χ4n) is 3.98. The molecule has 1 aliphatic rings. The van der Waals surface area contributed by atoms with Crippen molar-refractivity contribution in [3.05, 3.63) is 54.0 Å². The van der Waals surface area contributed by atoms with Crippen LogP contribution in [0.4, 0.5) is 9.18 Å². The highest BCUT2D eigenvalue weighted by Gasteiger charge is 2.31. The average molecular weight is 444 g/mol. The minimum atomic E-state index is -0.439. The molecule has 0 saturated carbocycles. The van der Waals surface area contributed by atoms with Crippen molar-refractivity contribution >= 4 is 12.0 Å². The summed E-state index contributed by atoms with van der Waals surface area (Å²) in [6, 6.07) is 8.84. The number of carbonyl (C=O) groups is 2. The molecule has 3 rings (SSSR count). The molecule has 1 atom stereocenters. The molecule has 1 aliphatic heterocycles. The number of benzene rings is 1. The van der Waals surface area contributed by atoms with Gasteiger partial charge in [0.25, 0.3) is 11.8 Å². The van der Waals surface area contributed by atoms with E-state index in [0.29, 0.717) is 24.6 Å². The van der Waals surface area contributed by atoms with Gasteiger partial charge in [-0.3, -0.25) is 4.79 Å². The molecule has 1 aromatic heterocycles. The van der Waals surface area contributed by atoms with Crippen molar-refractivity contribution in [2.24, 2.45) is 11.8 Å². The van der Waals surface area contributed by atoms with Gasteiger partial charge in [0.15, 0.2) is 5.75 Å². The molecule has 2 aromatic rings. The second kappa shape index (κ2) is 10.9. The van der Waals surface area contributed by atoms with E-state index in [0.717, 1.165) is 19.3 Å². The minimum Gasteiger partial charge on any atom is -0.478 e. The van der Waals surface area contributed by atoms with Crippen molar-refractivity contribution < 1.29 is 23.5 Å². The zero-order valence-corrected chi connectivity index (χ0v) is 18.7. The number of halogens is 1. The summed E-state index contributed by atoms with van der Waals surface area (Å²) in [5.41, 5.74) is 0.437. The van der Waals surface area contributed by atoms with Crippen LogP contribution in [0.25, 0.3) is 0 Å². The number of rotatable bonds is 7. The Hall–Kier alpha value is -3.16. The molecule has 1 N–H and O–H groups in total. The maximum absolute atomic E-state index is 13.2. The third kappa shape index (κ3) is 6.18. The fraction of sp³-hybridized carbons (Fsp3) is 0.458. The molecule has 7 nitrogen and oxygen atoms in total. The van der Waals surface area contributed by atoms with Crippen LogP contribution < -0.4 is 14.8 Å². The third-order valence-corrected chi connectivity index (χ3v) is 5.64. The Morgan fingerprint density at radius 2 is 1.88 bits per heavy atom. The molecule has 0 radical (unpaired) electrons. The molecule has 1 aromatic carbocycles. The zero-order valence-electron chi connectivity index (χ0n) is 18.7. The number of methoxy groups -OCH3 is 1. The van der Waals surface area contributed by atoms with Crippen LogP contribution in [0.3, 0.4) is 0 Å². The topological polar surface area (TPSA) is 80.8 Å². The smallest absolute Gasteiger partial charge is 0.415 e. The van der Waals surface area contributed by atoms with Crippen molar-refractivity contribution in [2.45, 2.75) is 39.2 Å². The van der Waals surface area contributed by atoms with E-state index < -0.39 is 6.09 Å². The molecule has 1 saturated heterocycles. The summed E-state index contributed by atoms with van der Waals surface area (Å²) >= 11 is 0. The minimum absolute atomic E-state index is 0.0239. The monoisotopic (exact) mass is 443 g/mol. The number of aromatic nitrogens is 1. The lowest BCUT2D eigenvalue weighted by atomic mass is 9.85. The SMILES string of the molecule is COc1ncccc1OC(=O)N1CCC(C(CC(C)C)NC(=O)c2ccc(F)cc2)CC1. The number of nitrogens with zero attached hydrogens (tertiary/aromatic N) is 2. The lowest BCUT2D eigenvalue weighted by Crippen LogP contribution is -2.47. The lowest BCUT2D eigenvalue weighted by molar-refractivity contribution is 0.0870. The van der Waals surface area contributed by atoms with Crippen LogP contribution in [0.15, 0.2) is 42.6 Å². The van der Waals surface area contributed by atoms with Gasteiger partial charge < -0.3 is 19.7 Å². The van der Waals surface area contributed by atoms with Crippen LogP contribution in [-0.4, -0.2) is 48.1 Å². The Morgan fingerprint density at radius 1 is 1.19 bits per heavy atom. The van der Waals surface area contributed by atoms with E-state index in [1.165, 1.54) is 31.4 Å². The van der Waals surface area contributed by atoms with E-state index in [1.54, 1.807) is 23.2 Å². The number of amides is 2. The highest BCUT2D eigenvalue weighted by Crippen LogP contribution is 2.27. The number of nitrogens with one attached hydrogen (secondary N) is 1. The number of likely N-dealkylation sites (tertiary alicyclic amines) is 1. The van der Waals surface area contributed by atoms with Crippen molar-refractivity contribution in [1.82, 2.24) is 15.2 Å². The molecule has 2 amide bonds. The van der Waals surface area contributed by atoms with E-state index in [1.807, 2.05) is 0 Å². The first-order chi connectivity index (χ1) is 15.4. The Labute approximate surface area is 187 Å². The summed E-state index contributed by atoms with van der Waals surface area (Å²) in [4.78, 5) is 31.0. The van der Waals surface area contributed by atoms with Crippen molar-refractivity contribution in [2.75, 3.05) is 20.2 Å². The normalized spacial score (nSPS) is 15.3. The van der Waals surface area contributed by atoms with Gasteiger partial charge in [0.2, 0.25) is 0 Å². The molecular weight excluding hydrogens is 413 g/mol. The first-order valence-electron chi connectivity index (χ1n) is 10.9. The maximum atomic E-state index is 13.2. The number of hydrogen-bond donors (Lipinski definition) is 1. The fourth-order valence-corrected chi connectivity index (χ4v) is 3.98. The van der Waals surface area contributed by atoms with Gasteiger partial charge in [0, 0.05) is 30.9 Å². The van der Waals surface area contributed by atoms with Gasteiger partial charge >= 0.3 is 6.09 Å². The standard InChI is InChI=1S/C24H30FN3O4/c1-16(2)15-20(27-22(29)18-6-8-19(25)9-7-18)17-10-13-28(14-11-17)24(30)32-21-5-4-12-26-23(21)31-3/h4-9,12,16-17,20H,10-11,13-15H2,1-3H3,(H,27,29). The Balaban J connectivity index is 1.59. The molecule has 1 fully saturated rings.